The molecule has 0 spiro atoms. The van der Waals surface area contributed by atoms with Crippen molar-refractivity contribution in [3.05, 3.63) is 29.1 Å². The third-order valence-electron chi connectivity index (χ3n) is 3.82. The minimum atomic E-state index is -0.281. The first-order valence-corrected chi connectivity index (χ1v) is 7.40. The number of aromatic nitrogens is 1. The van der Waals surface area contributed by atoms with Gasteiger partial charge in [0, 0.05) is 28.8 Å². The van der Waals surface area contributed by atoms with Crippen LogP contribution in [0.1, 0.15) is 17.0 Å². The van der Waals surface area contributed by atoms with E-state index in [0.29, 0.717) is 52.6 Å². The number of ether oxygens (including phenoxy) is 3. The summed E-state index contributed by atoms with van der Waals surface area (Å²) in [5.74, 6) is 1.44. The van der Waals surface area contributed by atoms with E-state index in [-0.39, 0.29) is 6.61 Å². The lowest BCUT2D eigenvalue weighted by atomic mass is 9.97. The van der Waals surface area contributed by atoms with Crippen molar-refractivity contribution in [3.8, 4) is 34.4 Å². The van der Waals surface area contributed by atoms with Gasteiger partial charge in [0.05, 0.1) is 27.9 Å². The van der Waals surface area contributed by atoms with E-state index in [9.17, 15) is 10.4 Å². The number of nitriles is 1. The van der Waals surface area contributed by atoms with Crippen LogP contribution in [-0.4, -0.2) is 38.0 Å². The van der Waals surface area contributed by atoms with Gasteiger partial charge >= 0.3 is 0 Å². The number of rotatable bonds is 7. The van der Waals surface area contributed by atoms with Gasteiger partial charge in [-0.05, 0) is 18.7 Å². The molecule has 0 bridgehead atoms. The highest BCUT2D eigenvalue weighted by Gasteiger charge is 2.24. The molecule has 1 heterocycles. The number of hydrogen-bond acceptors (Lipinski definition) is 6. The Balaban J connectivity index is 2.80. The molecular formula is C17H21N3O4. The fraction of sp³-hybridized carbons (Fsp3) is 0.353. The molecule has 0 radical (unpaired) electrons. The Kier molecular flexibility index (Phi) is 5.68. The van der Waals surface area contributed by atoms with Gasteiger partial charge in [-0.3, -0.25) is 0 Å². The van der Waals surface area contributed by atoms with Gasteiger partial charge in [0.25, 0.3) is 0 Å². The van der Waals surface area contributed by atoms with Gasteiger partial charge in [-0.15, -0.1) is 0 Å². The van der Waals surface area contributed by atoms with E-state index < -0.39 is 0 Å². The van der Waals surface area contributed by atoms with Gasteiger partial charge in [-0.1, -0.05) is 0 Å². The number of H-pyrrole nitrogens is 1. The molecular weight excluding hydrogens is 310 g/mol. The number of benzene rings is 1. The van der Waals surface area contributed by atoms with Gasteiger partial charge in [-0.2, -0.15) is 5.26 Å². The minimum Gasteiger partial charge on any atom is -0.493 e. The van der Waals surface area contributed by atoms with E-state index in [0.717, 1.165) is 5.69 Å². The standard InChI is InChI=1S/C17H21N3O4/c1-22-14-5-4-10(16(23-2)17(14)24-3)15-11(9-21)13(8-19)20-12(15)6-7-18/h4-5,20-21H,6-7,9,18H2,1-3H3. The summed E-state index contributed by atoms with van der Waals surface area (Å²) in [6.07, 6.45) is 0.529. The van der Waals surface area contributed by atoms with Gasteiger partial charge in [0.2, 0.25) is 5.75 Å². The molecule has 0 aliphatic rings. The van der Waals surface area contributed by atoms with Gasteiger partial charge < -0.3 is 30.0 Å². The lowest BCUT2D eigenvalue weighted by molar-refractivity contribution is 0.282. The average Bonchev–Trinajstić information content (AvgIpc) is 2.97. The summed E-state index contributed by atoms with van der Waals surface area (Å²) in [5.41, 5.74) is 8.67. The highest BCUT2D eigenvalue weighted by atomic mass is 16.5. The summed E-state index contributed by atoms with van der Waals surface area (Å²) >= 11 is 0. The Morgan fingerprint density at radius 2 is 1.88 bits per heavy atom. The number of nitrogens with zero attached hydrogens (tertiary/aromatic N) is 1. The van der Waals surface area contributed by atoms with Crippen LogP contribution in [0.2, 0.25) is 0 Å². The predicted molar refractivity (Wildman–Crippen MR) is 89.3 cm³/mol. The maximum atomic E-state index is 9.76. The second-order valence-corrected chi connectivity index (χ2v) is 5.02. The van der Waals surface area contributed by atoms with E-state index in [2.05, 4.69) is 11.1 Å². The molecule has 24 heavy (non-hydrogen) atoms. The number of aliphatic hydroxyl groups is 1. The van der Waals surface area contributed by atoms with Crippen LogP contribution in [0, 0.1) is 11.3 Å². The molecule has 1 aromatic carbocycles. The molecule has 7 heteroatoms. The van der Waals surface area contributed by atoms with Crippen molar-refractivity contribution >= 4 is 0 Å². The maximum Gasteiger partial charge on any atom is 0.203 e. The Hall–Kier alpha value is -2.69. The zero-order valence-electron chi connectivity index (χ0n) is 14.0. The SMILES string of the molecule is COc1ccc(-c2c(CCN)[nH]c(C#N)c2CO)c(OC)c1OC. The lowest BCUT2D eigenvalue weighted by Gasteiger charge is -2.17. The molecule has 2 aromatic rings. The quantitative estimate of drug-likeness (QED) is 0.710. The Morgan fingerprint density at radius 3 is 2.38 bits per heavy atom. The van der Waals surface area contributed by atoms with Crippen molar-refractivity contribution in [2.75, 3.05) is 27.9 Å². The predicted octanol–water partition coefficient (Wildman–Crippen LogP) is 1.57. The number of nitrogens with one attached hydrogen (secondary N) is 1. The molecule has 0 saturated heterocycles. The first-order valence-electron chi connectivity index (χ1n) is 7.40. The molecule has 4 N–H and O–H groups in total. The number of aromatic amines is 1. The van der Waals surface area contributed by atoms with Crippen LogP contribution in [0.3, 0.4) is 0 Å². The van der Waals surface area contributed by atoms with Crippen molar-refractivity contribution in [3.63, 3.8) is 0 Å². The second-order valence-electron chi connectivity index (χ2n) is 5.02. The summed E-state index contributed by atoms with van der Waals surface area (Å²) < 4.78 is 16.2. The summed E-state index contributed by atoms with van der Waals surface area (Å²) in [5, 5.41) is 19.1. The molecule has 7 nitrogen and oxygen atoms in total. The van der Waals surface area contributed by atoms with E-state index in [1.54, 1.807) is 13.2 Å². The third kappa shape index (κ3) is 2.89. The molecule has 0 unspecified atom stereocenters. The van der Waals surface area contributed by atoms with E-state index >= 15 is 0 Å². The zero-order valence-corrected chi connectivity index (χ0v) is 14.0. The number of aliphatic hydroxyl groups excluding tert-OH is 1. The molecule has 2 rings (SSSR count). The fourth-order valence-electron chi connectivity index (χ4n) is 2.80. The van der Waals surface area contributed by atoms with Gasteiger partial charge in [0.15, 0.2) is 11.5 Å². The van der Waals surface area contributed by atoms with Gasteiger partial charge in [0.1, 0.15) is 11.8 Å². The minimum absolute atomic E-state index is 0.281. The first-order chi connectivity index (χ1) is 11.7. The average molecular weight is 331 g/mol. The smallest absolute Gasteiger partial charge is 0.203 e. The third-order valence-corrected chi connectivity index (χ3v) is 3.82. The largest absolute Gasteiger partial charge is 0.493 e. The van der Waals surface area contributed by atoms with Crippen LogP contribution in [0.15, 0.2) is 12.1 Å². The molecule has 0 fully saturated rings. The van der Waals surface area contributed by atoms with Crippen molar-refractivity contribution in [2.24, 2.45) is 5.73 Å². The Morgan fingerprint density at radius 1 is 1.17 bits per heavy atom. The van der Waals surface area contributed by atoms with Crippen molar-refractivity contribution in [1.82, 2.24) is 4.98 Å². The van der Waals surface area contributed by atoms with Crippen LogP contribution in [-0.2, 0) is 13.0 Å². The summed E-state index contributed by atoms with van der Waals surface area (Å²) in [6, 6.07) is 5.63. The van der Waals surface area contributed by atoms with Crippen LogP contribution in [0.25, 0.3) is 11.1 Å². The summed E-state index contributed by atoms with van der Waals surface area (Å²) in [6.45, 7) is 0.121. The molecule has 0 aliphatic heterocycles. The normalized spacial score (nSPS) is 10.3. The van der Waals surface area contributed by atoms with E-state index in [1.165, 1.54) is 14.2 Å². The molecule has 1 aromatic heterocycles. The first kappa shape index (κ1) is 17.7. The zero-order chi connectivity index (χ0) is 17.7. The number of methoxy groups -OCH3 is 3. The monoisotopic (exact) mass is 331 g/mol. The van der Waals surface area contributed by atoms with Crippen LogP contribution in [0.4, 0.5) is 0 Å². The fourth-order valence-corrected chi connectivity index (χ4v) is 2.80. The van der Waals surface area contributed by atoms with Crippen LogP contribution >= 0.6 is 0 Å². The molecule has 0 aliphatic carbocycles. The van der Waals surface area contributed by atoms with Crippen LogP contribution in [0.5, 0.6) is 17.2 Å². The lowest BCUT2D eigenvalue weighted by Crippen LogP contribution is -2.05. The topological polar surface area (TPSA) is 114 Å². The highest BCUT2D eigenvalue weighted by Crippen LogP contribution is 2.46. The summed E-state index contributed by atoms with van der Waals surface area (Å²) in [4.78, 5) is 3.04. The second kappa shape index (κ2) is 7.73. The molecule has 0 atom stereocenters. The van der Waals surface area contributed by atoms with Crippen molar-refractivity contribution in [1.29, 1.82) is 5.26 Å². The maximum absolute atomic E-state index is 9.76. The number of nitrogens with two attached hydrogens (primary N) is 1. The number of hydrogen-bond donors (Lipinski definition) is 3. The highest BCUT2D eigenvalue weighted by molar-refractivity contribution is 5.81. The van der Waals surface area contributed by atoms with E-state index in [1.807, 2.05) is 6.07 Å². The van der Waals surface area contributed by atoms with Crippen LogP contribution < -0.4 is 19.9 Å². The van der Waals surface area contributed by atoms with Gasteiger partial charge in [-0.25, -0.2) is 0 Å². The van der Waals surface area contributed by atoms with E-state index in [4.69, 9.17) is 19.9 Å². The Bertz CT molecular complexity index is 762. The molecule has 128 valence electrons. The Labute approximate surface area is 140 Å². The summed E-state index contributed by atoms with van der Waals surface area (Å²) in [7, 11) is 4.59. The molecule has 0 amide bonds. The van der Waals surface area contributed by atoms with Crippen molar-refractivity contribution in [2.45, 2.75) is 13.0 Å². The molecule has 0 saturated carbocycles. The van der Waals surface area contributed by atoms with Crippen molar-refractivity contribution < 1.29 is 19.3 Å².